The fourth-order valence-corrected chi connectivity index (χ4v) is 4.49. The highest BCUT2D eigenvalue weighted by Gasteiger charge is 2.18. The first-order chi connectivity index (χ1) is 19.1. The van der Waals surface area contributed by atoms with E-state index in [-0.39, 0.29) is 49.7 Å². The number of hydrogen-bond acceptors (Lipinski definition) is 6. The minimum atomic E-state index is -0.0779. The smallest absolute Gasteiger partial charge is 0.246 e. The summed E-state index contributed by atoms with van der Waals surface area (Å²) >= 11 is 0. The third-order valence-electron chi connectivity index (χ3n) is 6.62. The van der Waals surface area contributed by atoms with Gasteiger partial charge in [0.1, 0.15) is 26.3 Å². The standard InChI is InChI=1S/C31H56N3O6.2ClH/c1-7-37-20-22-39-26-30(35)12-9-10-18-33(3,4)24-28-13-15-29(16-14-28)25-34(5,6)19-11-17-32-31(36)27-40-23-21-38-8-2;;/h13-16H,7-12,17-27H2,1-6H3;2*1H/q+1;;/p+1. The average molecular weight is 641 g/mol. The fourth-order valence-electron chi connectivity index (χ4n) is 4.49. The van der Waals surface area contributed by atoms with Gasteiger partial charge in [0.05, 0.1) is 67.7 Å². The van der Waals surface area contributed by atoms with Gasteiger partial charge in [0, 0.05) is 43.7 Å². The van der Waals surface area contributed by atoms with Crippen LogP contribution in [-0.2, 0) is 41.6 Å². The third kappa shape index (κ3) is 23.2. The van der Waals surface area contributed by atoms with E-state index in [4.69, 9.17) is 18.9 Å². The van der Waals surface area contributed by atoms with Crippen LogP contribution in [-0.4, -0.2) is 121 Å². The number of nitrogens with one attached hydrogen (secondary N) is 1. The summed E-state index contributed by atoms with van der Waals surface area (Å²) in [5, 5.41) is 2.93. The van der Waals surface area contributed by atoms with Gasteiger partial charge in [-0.1, -0.05) is 24.3 Å². The molecule has 1 rings (SSSR count). The Balaban J connectivity index is 0. The highest BCUT2D eigenvalue weighted by Crippen LogP contribution is 2.15. The first-order valence-electron chi connectivity index (χ1n) is 14.9. The first kappa shape index (κ1) is 42.8. The van der Waals surface area contributed by atoms with Crippen LogP contribution in [0.15, 0.2) is 24.3 Å². The van der Waals surface area contributed by atoms with Crippen LogP contribution in [0.3, 0.4) is 0 Å². The highest BCUT2D eigenvalue weighted by atomic mass is 35.5. The molecule has 0 aliphatic carbocycles. The minimum Gasteiger partial charge on any atom is -0.379 e. The van der Waals surface area contributed by atoms with Crippen molar-refractivity contribution >= 4 is 36.5 Å². The number of ketones is 1. The lowest BCUT2D eigenvalue weighted by atomic mass is 10.1. The molecule has 0 bridgehead atoms. The number of nitrogens with zero attached hydrogens (tertiary/aromatic N) is 2. The molecule has 1 N–H and O–H groups in total. The summed E-state index contributed by atoms with van der Waals surface area (Å²) in [4.78, 5) is 23.9. The lowest BCUT2D eigenvalue weighted by molar-refractivity contribution is -0.904. The van der Waals surface area contributed by atoms with Crippen molar-refractivity contribution in [3.05, 3.63) is 35.4 Å². The van der Waals surface area contributed by atoms with Crippen LogP contribution >= 0.6 is 24.8 Å². The molecule has 0 aliphatic rings. The fraction of sp³-hybridized carbons (Fsp3) is 0.742. The first-order valence-corrected chi connectivity index (χ1v) is 14.9. The number of Topliss-reactive ketones (excluding diaryl/α,β-unsaturated/α-hetero) is 1. The van der Waals surface area contributed by atoms with E-state index in [1.54, 1.807) is 0 Å². The molecule has 246 valence electrons. The maximum Gasteiger partial charge on any atom is 0.246 e. The van der Waals surface area contributed by atoms with Crippen molar-refractivity contribution in [1.29, 1.82) is 0 Å². The van der Waals surface area contributed by atoms with Gasteiger partial charge < -0.3 is 33.2 Å². The van der Waals surface area contributed by atoms with E-state index in [9.17, 15) is 9.59 Å². The van der Waals surface area contributed by atoms with Crippen LogP contribution in [0.5, 0.6) is 0 Å². The number of halogens is 2. The molecule has 0 saturated carbocycles. The number of hydrogen-bond donors (Lipinski definition) is 1. The predicted molar refractivity (Wildman–Crippen MR) is 173 cm³/mol. The van der Waals surface area contributed by atoms with Crippen LogP contribution in [0.1, 0.15) is 50.7 Å². The van der Waals surface area contributed by atoms with Crippen LogP contribution in [0, 0.1) is 0 Å². The van der Waals surface area contributed by atoms with Crippen LogP contribution in [0.2, 0.25) is 0 Å². The average Bonchev–Trinajstić information content (AvgIpc) is 2.90. The lowest BCUT2D eigenvalue weighted by Gasteiger charge is -2.31. The molecule has 0 saturated heterocycles. The number of unbranched alkanes of at least 4 members (excludes halogenated alkanes) is 1. The SMILES string of the molecule is CCOCCOCC(=O)CCCC[N+](C)(C)Cc1ccc(C[N+](C)(C)CCCNC(=O)COCCOCC)cc1.Cl.Cl. The van der Waals surface area contributed by atoms with Gasteiger partial charge in [-0.3, -0.25) is 9.59 Å². The van der Waals surface area contributed by atoms with E-state index in [1.165, 1.54) is 11.1 Å². The van der Waals surface area contributed by atoms with Crippen LogP contribution in [0.25, 0.3) is 0 Å². The van der Waals surface area contributed by atoms with E-state index < -0.39 is 0 Å². The van der Waals surface area contributed by atoms with E-state index in [0.717, 1.165) is 54.4 Å². The minimum absolute atomic E-state index is 0. The van der Waals surface area contributed by atoms with Crippen LogP contribution in [0.4, 0.5) is 0 Å². The second kappa shape index (κ2) is 25.1. The lowest BCUT2D eigenvalue weighted by Crippen LogP contribution is -2.41. The third-order valence-corrected chi connectivity index (χ3v) is 6.62. The van der Waals surface area contributed by atoms with Crippen molar-refractivity contribution in [2.75, 3.05) is 101 Å². The molecule has 0 fully saturated rings. The highest BCUT2D eigenvalue weighted by molar-refractivity contribution is 5.85. The Morgan fingerprint density at radius 2 is 1.12 bits per heavy atom. The monoisotopic (exact) mass is 639 g/mol. The molecule has 0 radical (unpaired) electrons. The van der Waals surface area contributed by atoms with Gasteiger partial charge in [0.2, 0.25) is 5.91 Å². The molecule has 0 heterocycles. The summed E-state index contributed by atoms with van der Waals surface area (Å²) in [6, 6.07) is 8.95. The Morgan fingerprint density at radius 3 is 1.62 bits per heavy atom. The zero-order valence-corrected chi connectivity index (χ0v) is 28.6. The normalized spacial score (nSPS) is 11.5. The van der Waals surface area contributed by atoms with Crippen molar-refractivity contribution in [2.45, 2.75) is 52.6 Å². The number of ether oxygens (including phenoxy) is 4. The molecular formula is C31H59Cl2N3O6+2. The van der Waals surface area contributed by atoms with Crippen molar-refractivity contribution < 1.29 is 37.5 Å². The Labute approximate surface area is 267 Å². The molecule has 1 aromatic rings. The van der Waals surface area contributed by atoms with Gasteiger partial charge in [0.25, 0.3) is 0 Å². The zero-order chi connectivity index (χ0) is 29.7. The number of carbonyl (C=O) groups is 2. The number of carbonyl (C=O) groups excluding carboxylic acids is 2. The van der Waals surface area contributed by atoms with Gasteiger partial charge in [-0.05, 0) is 26.7 Å². The number of benzene rings is 1. The predicted octanol–water partition coefficient (Wildman–Crippen LogP) is 4.03. The Bertz CT molecular complexity index is 758. The van der Waals surface area contributed by atoms with E-state index in [0.29, 0.717) is 52.6 Å². The summed E-state index contributed by atoms with van der Waals surface area (Å²) in [6.45, 7) is 12.0. The molecule has 42 heavy (non-hydrogen) atoms. The Hall–Kier alpha value is -1.30. The van der Waals surface area contributed by atoms with Crippen molar-refractivity contribution in [3.8, 4) is 0 Å². The molecule has 9 nitrogen and oxygen atoms in total. The molecule has 0 unspecified atom stereocenters. The Morgan fingerprint density at radius 1 is 0.667 bits per heavy atom. The summed E-state index contributed by atoms with van der Waals surface area (Å²) in [7, 11) is 8.95. The van der Waals surface area contributed by atoms with Gasteiger partial charge >= 0.3 is 0 Å². The summed E-state index contributed by atoms with van der Waals surface area (Å²) in [5.74, 6) is 0.0908. The van der Waals surface area contributed by atoms with Crippen molar-refractivity contribution in [2.24, 2.45) is 0 Å². The van der Waals surface area contributed by atoms with Gasteiger partial charge in [-0.2, -0.15) is 0 Å². The Kier molecular flexibility index (Phi) is 25.6. The molecular weight excluding hydrogens is 581 g/mol. The van der Waals surface area contributed by atoms with Crippen molar-refractivity contribution in [1.82, 2.24) is 5.32 Å². The largest absolute Gasteiger partial charge is 0.379 e. The summed E-state index contributed by atoms with van der Waals surface area (Å²) in [6.07, 6.45) is 3.40. The maximum absolute atomic E-state index is 12.0. The molecule has 1 aromatic carbocycles. The quantitative estimate of drug-likeness (QED) is 0.128. The molecule has 0 aliphatic heterocycles. The second-order valence-corrected chi connectivity index (χ2v) is 11.6. The number of quaternary nitrogens is 2. The topological polar surface area (TPSA) is 83.1 Å². The van der Waals surface area contributed by atoms with Crippen LogP contribution < -0.4 is 5.32 Å². The van der Waals surface area contributed by atoms with E-state index in [1.807, 2.05) is 13.8 Å². The summed E-state index contributed by atoms with van der Waals surface area (Å²) < 4.78 is 22.8. The molecule has 0 spiro atoms. The molecule has 1 amide bonds. The molecule has 0 atom stereocenters. The maximum atomic E-state index is 12.0. The van der Waals surface area contributed by atoms with E-state index >= 15 is 0 Å². The number of amides is 1. The zero-order valence-electron chi connectivity index (χ0n) is 27.0. The number of rotatable bonds is 25. The summed E-state index contributed by atoms with van der Waals surface area (Å²) in [5.41, 5.74) is 2.64. The van der Waals surface area contributed by atoms with Crippen molar-refractivity contribution in [3.63, 3.8) is 0 Å². The van der Waals surface area contributed by atoms with Gasteiger partial charge in [-0.25, -0.2) is 0 Å². The molecule has 11 heteroatoms. The van der Waals surface area contributed by atoms with Gasteiger partial charge in [0.15, 0.2) is 5.78 Å². The molecule has 0 aromatic heterocycles. The second-order valence-electron chi connectivity index (χ2n) is 11.6. The van der Waals surface area contributed by atoms with Gasteiger partial charge in [-0.15, -0.1) is 24.8 Å². The van der Waals surface area contributed by atoms with E-state index in [2.05, 4.69) is 57.8 Å².